The van der Waals surface area contributed by atoms with E-state index in [1.165, 1.54) is 0 Å². The quantitative estimate of drug-likeness (QED) is 0.866. The van der Waals surface area contributed by atoms with Crippen LogP contribution in [0.25, 0.3) is 0 Å². The SMILES string of the molecule is O=C(O)C1CC(O)CN1CC1Cc2cc(Br)ccc2O1. The number of rotatable bonds is 3. The number of nitrogens with zero attached hydrogens (tertiary/aromatic N) is 1. The van der Waals surface area contributed by atoms with Crippen LogP contribution in [-0.2, 0) is 11.2 Å². The maximum atomic E-state index is 11.2. The van der Waals surface area contributed by atoms with E-state index >= 15 is 0 Å². The summed E-state index contributed by atoms with van der Waals surface area (Å²) in [7, 11) is 0. The average Bonchev–Trinajstić information content (AvgIpc) is 2.92. The van der Waals surface area contributed by atoms with Crippen molar-refractivity contribution in [2.45, 2.75) is 31.1 Å². The van der Waals surface area contributed by atoms with E-state index < -0.39 is 18.1 Å². The molecule has 2 aliphatic heterocycles. The number of hydrogen-bond acceptors (Lipinski definition) is 4. The first kappa shape index (κ1) is 13.9. The van der Waals surface area contributed by atoms with Gasteiger partial charge in [0, 0.05) is 30.4 Å². The van der Waals surface area contributed by atoms with Gasteiger partial charge in [-0.3, -0.25) is 9.69 Å². The Morgan fingerprint density at radius 3 is 3.05 bits per heavy atom. The maximum absolute atomic E-state index is 11.2. The molecule has 0 saturated carbocycles. The molecule has 2 N–H and O–H groups in total. The van der Waals surface area contributed by atoms with Crippen molar-refractivity contribution in [2.75, 3.05) is 13.1 Å². The number of β-amino-alcohol motifs (C(OH)–C–C–N with tert-alkyl or cyclic N) is 1. The van der Waals surface area contributed by atoms with Gasteiger partial charge in [0.2, 0.25) is 0 Å². The van der Waals surface area contributed by atoms with Crippen LogP contribution in [0.5, 0.6) is 5.75 Å². The number of aliphatic carboxylic acids is 1. The van der Waals surface area contributed by atoms with Gasteiger partial charge in [0.1, 0.15) is 17.9 Å². The van der Waals surface area contributed by atoms with E-state index in [4.69, 9.17) is 4.74 Å². The summed E-state index contributed by atoms with van der Waals surface area (Å²) in [6.07, 6.45) is 0.453. The fourth-order valence-corrected chi connectivity index (χ4v) is 3.40. The predicted octanol–water partition coefficient (Wildman–Crippen LogP) is 1.27. The van der Waals surface area contributed by atoms with E-state index in [0.717, 1.165) is 22.2 Å². The number of ether oxygens (including phenoxy) is 1. The Morgan fingerprint density at radius 1 is 1.50 bits per heavy atom. The molecule has 3 atom stereocenters. The van der Waals surface area contributed by atoms with Crippen LogP contribution in [0, 0.1) is 0 Å². The van der Waals surface area contributed by atoms with Crippen molar-refractivity contribution in [3.63, 3.8) is 0 Å². The van der Waals surface area contributed by atoms with Gasteiger partial charge in [-0.05, 0) is 23.8 Å². The monoisotopic (exact) mass is 341 g/mol. The molecule has 0 aromatic heterocycles. The Morgan fingerprint density at radius 2 is 2.30 bits per heavy atom. The van der Waals surface area contributed by atoms with Crippen molar-refractivity contribution in [1.29, 1.82) is 0 Å². The van der Waals surface area contributed by atoms with Gasteiger partial charge in [0.05, 0.1) is 6.10 Å². The Balaban J connectivity index is 1.67. The van der Waals surface area contributed by atoms with Crippen LogP contribution < -0.4 is 4.74 Å². The summed E-state index contributed by atoms with van der Waals surface area (Å²) in [5.41, 5.74) is 1.14. The lowest BCUT2D eigenvalue weighted by Gasteiger charge is -2.23. The van der Waals surface area contributed by atoms with E-state index in [1.54, 1.807) is 4.90 Å². The van der Waals surface area contributed by atoms with Crippen LogP contribution in [-0.4, -0.2) is 52.4 Å². The predicted molar refractivity (Wildman–Crippen MR) is 75.9 cm³/mol. The van der Waals surface area contributed by atoms with Gasteiger partial charge in [-0.1, -0.05) is 15.9 Å². The van der Waals surface area contributed by atoms with Crippen LogP contribution in [0.1, 0.15) is 12.0 Å². The molecule has 1 saturated heterocycles. The van der Waals surface area contributed by atoms with E-state index in [2.05, 4.69) is 15.9 Å². The smallest absolute Gasteiger partial charge is 0.321 e. The van der Waals surface area contributed by atoms with Crippen LogP contribution in [0.3, 0.4) is 0 Å². The number of halogens is 1. The first-order valence-electron chi connectivity index (χ1n) is 6.63. The van der Waals surface area contributed by atoms with Crippen molar-refractivity contribution < 1.29 is 19.7 Å². The largest absolute Gasteiger partial charge is 0.488 e. The van der Waals surface area contributed by atoms with E-state index in [9.17, 15) is 15.0 Å². The summed E-state index contributed by atoms with van der Waals surface area (Å²) in [6, 6.07) is 5.28. The molecule has 5 nitrogen and oxygen atoms in total. The second-order valence-electron chi connectivity index (χ2n) is 5.39. The Labute approximate surface area is 125 Å². The third-order valence-corrected chi connectivity index (χ3v) is 4.36. The van der Waals surface area contributed by atoms with Gasteiger partial charge in [0.25, 0.3) is 0 Å². The first-order valence-corrected chi connectivity index (χ1v) is 7.42. The highest BCUT2D eigenvalue weighted by atomic mass is 79.9. The van der Waals surface area contributed by atoms with Crippen LogP contribution >= 0.6 is 15.9 Å². The van der Waals surface area contributed by atoms with E-state index in [-0.39, 0.29) is 6.10 Å². The summed E-state index contributed by atoms with van der Waals surface area (Å²) in [6.45, 7) is 0.928. The number of aliphatic hydroxyl groups excluding tert-OH is 1. The molecule has 0 bridgehead atoms. The Hall–Kier alpha value is -1.11. The molecule has 20 heavy (non-hydrogen) atoms. The third-order valence-electron chi connectivity index (χ3n) is 3.87. The van der Waals surface area contributed by atoms with Crippen molar-refractivity contribution in [1.82, 2.24) is 4.90 Å². The summed E-state index contributed by atoms with van der Waals surface area (Å²) >= 11 is 3.43. The highest BCUT2D eigenvalue weighted by Gasteiger charge is 2.38. The molecule has 1 aromatic rings. The Kier molecular flexibility index (Phi) is 3.70. The molecule has 2 aliphatic rings. The molecular weight excluding hydrogens is 326 g/mol. The first-order chi connectivity index (χ1) is 9.52. The zero-order valence-corrected chi connectivity index (χ0v) is 12.4. The summed E-state index contributed by atoms with van der Waals surface area (Å²) in [5, 5.41) is 18.8. The van der Waals surface area contributed by atoms with Crippen LogP contribution in [0.2, 0.25) is 0 Å². The number of carboxylic acids is 1. The number of aliphatic hydroxyl groups is 1. The highest BCUT2D eigenvalue weighted by molar-refractivity contribution is 9.10. The molecule has 0 radical (unpaired) electrons. The van der Waals surface area contributed by atoms with Gasteiger partial charge >= 0.3 is 5.97 Å². The average molecular weight is 342 g/mol. The molecule has 108 valence electrons. The lowest BCUT2D eigenvalue weighted by Crippen LogP contribution is -2.42. The molecule has 0 aliphatic carbocycles. The van der Waals surface area contributed by atoms with E-state index in [0.29, 0.717) is 19.5 Å². The van der Waals surface area contributed by atoms with Gasteiger partial charge < -0.3 is 14.9 Å². The summed E-state index contributed by atoms with van der Waals surface area (Å²) < 4.78 is 6.86. The number of carboxylic acid groups (broad SMARTS) is 1. The molecule has 6 heteroatoms. The molecule has 1 fully saturated rings. The number of carbonyl (C=O) groups is 1. The zero-order valence-electron chi connectivity index (χ0n) is 10.8. The topological polar surface area (TPSA) is 70.0 Å². The highest BCUT2D eigenvalue weighted by Crippen LogP contribution is 2.32. The van der Waals surface area contributed by atoms with Crippen LogP contribution in [0.4, 0.5) is 0 Å². The number of likely N-dealkylation sites (tertiary alicyclic amines) is 1. The van der Waals surface area contributed by atoms with E-state index in [1.807, 2.05) is 18.2 Å². The fourth-order valence-electron chi connectivity index (χ4n) is 2.99. The third kappa shape index (κ3) is 2.68. The Bertz CT molecular complexity index is 536. The number of hydrogen-bond donors (Lipinski definition) is 2. The lowest BCUT2D eigenvalue weighted by atomic mass is 10.1. The fraction of sp³-hybridized carbons (Fsp3) is 0.500. The molecule has 1 aromatic carbocycles. The molecule has 3 rings (SSSR count). The van der Waals surface area contributed by atoms with Gasteiger partial charge in [-0.2, -0.15) is 0 Å². The number of benzene rings is 1. The standard InChI is InChI=1S/C14H16BrNO4/c15-9-1-2-13-8(3-9)4-11(20-13)7-16-6-10(17)5-12(16)14(18)19/h1-3,10-12,17H,4-7H2,(H,18,19). The minimum Gasteiger partial charge on any atom is -0.488 e. The summed E-state index contributed by atoms with van der Waals surface area (Å²) in [5.74, 6) is -0.00961. The number of fused-ring (bicyclic) bond motifs is 1. The maximum Gasteiger partial charge on any atom is 0.321 e. The van der Waals surface area contributed by atoms with Crippen molar-refractivity contribution in [3.8, 4) is 5.75 Å². The minimum absolute atomic E-state index is 0.0496. The van der Waals surface area contributed by atoms with Crippen LogP contribution in [0.15, 0.2) is 22.7 Å². The van der Waals surface area contributed by atoms with Crippen molar-refractivity contribution >= 4 is 21.9 Å². The van der Waals surface area contributed by atoms with Crippen molar-refractivity contribution in [3.05, 3.63) is 28.2 Å². The molecular formula is C14H16BrNO4. The lowest BCUT2D eigenvalue weighted by molar-refractivity contribution is -0.142. The van der Waals surface area contributed by atoms with Gasteiger partial charge in [-0.25, -0.2) is 0 Å². The summed E-state index contributed by atoms with van der Waals surface area (Å²) in [4.78, 5) is 13.0. The zero-order chi connectivity index (χ0) is 14.3. The minimum atomic E-state index is -0.875. The molecule has 3 unspecified atom stereocenters. The second-order valence-corrected chi connectivity index (χ2v) is 6.31. The molecule has 0 amide bonds. The van der Waals surface area contributed by atoms with Gasteiger partial charge in [0.15, 0.2) is 0 Å². The normalized spacial score (nSPS) is 29.2. The van der Waals surface area contributed by atoms with Gasteiger partial charge in [-0.15, -0.1) is 0 Å². The molecule has 0 spiro atoms. The second kappa shape index (κ2) is 5.35. The van der Waals surface area contributed by atoms with Crippen molar-refractivity contribution in [2.24, 2.45) is 0 Å². The molecule has 2 heterocycles.